The van der Waals surface area contributed by atoms with E-state index in [0.29, 0.717) is 11.6 Å². The second-order valence-electron chi connectivity index (χ2n) is 5.05. The molecule has 0 radical (unpaired) electrons. The van der Waals surface area contributed by atoms with Crippen LogP contribution in [0.3, 0.4) is 0 Å². The molecule has 0 amide bonds. The maximum Gasteiger partial charge on any atom is 0.132 e. The summed E-state index contributed by atoms with van der Waals surface area (Å²) >= 11 is 7.93. The average molecular weight is 299 g/mol. The van der Waals surface area contributed by atoms with Crippen molar-refractivity contribution in [3.8, 4) is 0 Å². The lowest BCUT2D eigenvalue weighted by Crippen LogP contribution is -2.03. The number of halogens is 1. The van der Waals surface area contributed by atoms with Gasteiger partial charge >= 0.3 is 0 Å². The predicted octanol–water partition coefficient (Wildman–Crippen LogP) is 3.92. The average Bonchev–Trinajstić information content (AvgIpc) is 2.96. The van der Waals surface area contributed by atoms with E-state index < -0.39 is 6.10 Å². The summed E-state index contributed by atoms with van der Waals surface area (Å²) in [5.41, 5.74) is 2.94. The smallest absolute Gasteiger partial charge is 0.132 e. The van der Waals surface area contributed by atoms with E-state index in [4.69, 9.17) is 11.6 Å². The Morgan fingerprint density at radius 3 is 2.79 bits per heavy atom. The fourth-order valence-corrected chi connectivity index (χ4v) is 3.12. The molecule has 19 heavy (non-hydrogen) atoms. The quantitative estimate of drug-likeness (QED) is 0.908. The third-order valence-corrected chi connectivity index (χ3v) is 4.39. The molecule has 3 nitrogen and oxygen atoms in total. The number of aromatic nitrogens is 2. The predicted molar refractivity (Wildman–Crippen MR) is 79.9 cm³/mol. The van der Waals surface area contributed by atoms with Gasteiger partial charge in [-0.3, -0.25) is 4.68 Å². The number of hydrogen-bond acceptors (Lipinski definition) is 3. The van der Waals surface area contributed by atoms with E-state index in [1.807, 2.05) is 7.05 Å². The summed E-state index contributed by atoms with van der Waals surface area (Å²) in [4.78, 5) is 0. The van der Waals surface area contributed by atoms with Gasteiger partial charge in [0, 0.05) is 12.6 Å². The van der Waals surface area contributed by atoms with Gasteiger partial charge in [-0.05, 0) is 41.1 Å². The van der Waals surface area contributed by atoms with Gasteiger partial charge in [0.05, 0.1) is 11.8 Å². The first-order valence-corrected chi connectivity index (χ1v) is 7.74. The van der Waals surface area contributed by atoms with Crippen molar-refractivity contribution in [2.24, 2.45) is 7.05 Å². The third-order valence-electron chi connectivity index (χ3n) is 3.21. The zero-order valence-corrected chi connectivity index (χ0v) is 13.0. The molecule has 0 bridgehead atoms. The summed E-state index contributed by atoms with van der Waals surface area (Å²) in [5.74, 6) is 0.254. The van der Waals surface area contributed by atoms with Crippen LogP contribution >= 0.6 is 22.9 Å². The summed E-state index contributed by atoms with van der Waals surface area (Å²) in [6.07, 6.45) is 0.966. The van der Waals surface area contributed by atoms with Crippen LogP contribution in [0.2, 0.25) is 5.15 Å². The molecule has 0 fully saturated rings. The van der Waals surface area contributed by atoms with Crippen molar-refractivity contribution in [2.75, 3.05) is 0 Å². The standard InChI is InChI=1S/C14H19ClN2OS/c1-9(2)13-12(14(15)17(3)16-13)11(18)5-4-10-6-7-19-8-10/h6-9,11,18H,4-5H2,1-3H3. The van der Waals surface area contributed by atoms with Crippen LogP contribution in [0.1, 0.15) is 49.1 Å². The summed E-state index contributed by atoms with van der Waals surface area (Å²) in [5, 5.41) is 19.5. The van der Waals surface area contributed by atoms with Gasteiger partial charge in [0.25, 0.3) is 0 Å². The lowest BCUT2D eigenvalue weighted by molar-refractivity contribution is 0.166. The van der Waals surface area contributed by atoms with Crippen LogP contribution in [0.15, 0.2) is 16.8 Å². The summed E-state index contributed by atoms with van der Waals surface area (Å²) in [6, 6.07) is 2.09. The molecule has 0 spiro atoms. The van der Waals surface area contributed by atoms with Crippen LogP contribution in [0.25, 0.3) is 0 Å². The van der Waals surface area contributed by atoms with E-state index in [1.54, 1.807) is 16.0 Å². The van der Waals surface area contributed by atoms with Gasteiger partial charge in [-0.15, -0.1) is 0 Å². The van der Waals surface area contributed by atoms with Gasteiger partial charge < -0.3 is 5.11 Å². The minimum Gasteiger partial charge on any atom is -0.388 e. The Hall–Kier alpha value is -0.840. The number of nitrogens with zero attached hydrogens (tertiary/aromatic N) is 2. The monoisotopic (exact) mass is 298 g/mol. The molecule has 1 N–H and O–H groups in total. The van der Waals surface area contributed by atoms with Crippen LogP contribution in [-0.4, -0.2) is 14.9 Å². The summed E-state index contributed by atoms with van der Waals surface area (Å²) in [7, 11) is 1.81. The van der Waals surface area contributed by atoms with Crippen LogP contribution in [-0.2, 0) is 13.5 Å². The SMILES string of the molecule is CC(C)c1nn(C)c(Cl)c1C(O)CCc1ccsc1. The topological polar surface area (TPSA) is 38.0 Å². The maximum absolute atomic E-state index is 10.4. The molecule has 0 saturated heterocycles. The van der Waals surface area contributed by atoms with Crippen LogP contribution in [0.4, 0.5) is 0 Å². The molecule has 0 saturated carbocycles. The lowest BCUT2D eigenvalue weighted by Gasteiger charge is -2.12. The largest absolute Gasteiger partial charge is 0.388 e. The highest BCUT2D eigenvalue weighted by Crippen LogP contribution is 2.33. The number of aliphatic hydroxyl groups excluding tert-OH is 1. The molecule has 0 aliphatic heterocycles. The second kappa shape index (κ2) is 6.07. The lowest BCUT2D eigenvalue weighted by atomic mass is 9.98. The maximum atomic E-state index is 10.4. The number of hydrogen-bond donors (Lipinski definition) is 1. The van der Waals surface area contributed by atoms with Gasteiger partial charge in [-0.1, -0.05) is 25.4 Å². The molecule has 2 aromatic heterocycles. The van der Waals surface area contributed by atoms with Crippen molar-refractivity contribution < 1.29 is 5.11 Å². The molecule has 2 aromatic rings. The van der Waals surface area contributed by atoms with E-state index >= 15 is 0 Å². The van der Waals surface area contributed by atoms with Gasteiger partial charge in [-0.2, -0.15) is 16.4 Å². The van der Waals surface area contributed by atoms with Crippen molar-refractivity contribution in [1.29, 1.82) is 0 Å². The third kappa shape index (κ3) is 3.19. The molecule has 2 rings (SSSR count). The van der Waals surface area contributed by atoms with E-state index in [0.717, 1.165) is 17.7 Å². The van der Waals surface area contributed by atoms with Crippen molar-refractivity contribution in [3.63, 3.8) is 0 Å². The Morgan fingerprint density at radius 2 is 2.21 bits per heavy atom. The first-order chi connectivity index (χ1) is 9.00. The molecule has 1 unspecified atom stereocenters. The minimum atomic E-state index is -0.557. The summed E-state index contributed by atoms with van der Waals surface area (Å²) < 4.78 is 1.64. The van der Waals surface area contributed by atoms with Gasteiger partial charge in [0.15, 0.2) is 0 Å². The second-order valence-corrected chi connectivity index (χ2v) is 6.19. The fourth-order valence-electron chi connectivity index (χ4n) is 2.16. The Morgan fingerprint density at radius 1 is 1.47 bits per heavy atom. The number of aliphatic hydroxyl groups is 1. The molecule has 0 aliphatic rings. The van der Waals surface area contributed by atoms with Crippen molar-refractivity contribution in [2.45, 2.75) is 38.7 Å². The highest BCUT2D eigenvalue weighted by Gasteiger charge is 2.23. The van der Waals surface area contributed by atoms with Gasteiger partial charge in [0.2, 0.25) is 0 Å². The minimum absolute atomic E-state index is 0.254. The zero-order valence-electron chi connectivity index (χ0n) is 11.4. The number of rotatable bonds is 5. The van der Waals surface area contributed by atoms with Crippen LogP contribution in [0.5, 0.6) is 0 Å². The first-order valence-electron chi connectivity index (χ1n) is 6.42. The molecular formula is C14H19ClN2OS. The van der Waals surface area contributed by atoms with E-state index in [9.17, 15) is 5.11 Å². The molecule has 104 valence electrons. The van der Waals surface area contributed by atoms with Crippen molar-refractivity contribution in [1.82, 2.24) is 9.78 Å². The fraction of sp³-hybridized carbons (Fsp3) is 0.500. The Kier molecular flexibility index (Phi) is 4.66. The highest BCUT2D eigenvalue weighted by atomic mass is 35.5. The van der Waals surface area contributed by atoms with E-state index in [-0.39, 0.29) is 5.92 Å². The molecule has 2 heterocycles. The van der Waals surface area contributed by atoms with Crippen molar-refractivity contribution >= 4 is 22.9 Å². The highest BCUT2D eigenvalue weighted by molar-refractivity contribution is 7.07. The first kappa shape index (κ1) is 14.6. The van der Waals surface area contributed by atoms with E-state index in [1.165, 1.54) is 5.56 Å². The molecule has 5 heteroatoms. The Balaban J connectivity index is 2.16. The Labute approximate surface area is 122 Å². The molecule has 1 atom stereocenters. The van der Waals surface area contributed by atoms with Gasteiger partial charge in [0.1, 0.15) is 5.15 Å². The normalized spacial score (nSPS) is 13.2. The molecule has 0 aliphatic carbocycles. The van der Waals surface area contributed by atoms with E-state index in [2.05, 4.69) is 35.8 Å². The number of aryl methyl sites for hydroxylation is 2. The number of thiophene rings is 1. The van der Waals surface area contributed by atoms with Crippen LogP contribution in [0, 0.1) is 0 Å². The Bertz CT molecular complexity index is 534. The molecular weight excluding hydrogens is 280 g/mol. The zero-order chi connectivity index (χ0) is 14.0. The van der Waals surface area contributed by atoms with Gasteiger partial charge in [-0.25, -0.2) is 0 Å². The summed E-state index contributed by atoms with van der Waals surface area (Å²) in [6.45, 7) is 4.13. The molecule has 0 aromatic carbocycles. The van der Waals surface area contributed by atoms with Crippen LogP contribution < -0.4 is 0 Å². The van der Waals surface area contributed by atoms with Crippen molar-refractivity contribution in [3.05, 3.63) is 38.8 Å².